The number of aliphatic hydroxyl groups excluding tert-OH is 2. The molecule has 106 valence electrons. The summed E-state index contributed by atoms with van der Waals surface area (Å²) in [6, 6.07) is 0. The minimum atomic E-state index is -1.60. The summed E-state index contributed by atoms with van der Waals surface area (Å²) >= 11 is 0. The third kappa shape index (κ3) is 5.06. The number of aliphatic hydroxyl groups is 2. The summed E-state index contributed by atoms with van der Waals surface area (Å²) in [6.45, 7) is -0.917. The van der Waals surface area contributed by atoms with Crippen molar-refractivity contribution >= 4 is 11.7 Å². The molecule has 19 heavy (non-hydrogen) atoms. The summed E-state index contributed by atoms with van der Waals surface area (Å²) in [5.74, 6) is -1.20. The fourth-order valence-electron chi connectivity index (χ4n) is 1.38. The Labute approximate surface area is 106 Å². The molecule has 10 heteroatoms. The van der Waals surface area contributed by atoms with Crippen LogP contribution in [0.5, 0.6) is 0 Å². The highest BCUT2D eigenvalue weighted by Crippen LogP contribution is 2.07. The van der Waals surface area contributed by atoms with Gasteiger partial charge in [0.1, 0.15) is 12.0 Å². The number of halogens is 1. The molecule has 9 nitrogen and oxygen atoms in total. The molecule has 0 saturated carbocycles. The van der Waals surface area contributed by atoms with Crippen LogP contribution in [0.15, 0.2) is 6.33 Å². The van der Waals surface area contributed by atoms with Crippen LogP contribution in [0.1, 0.15) is 12.8 Å². The van der Waals surface area contributed by atoms with E-state index < -0.39 is 42.0 Å². The van der Waals surface area contributed by atoms with Gasteiger partial charge in [-0.25, -0.2) is 4.39 Å². The molecule has 0 aliphatic heterocycles. The SMILES string of the molecule is O=C(CC(O)CO)CC(F)Cn1cnc([N+](=O)[O-])n1. The molecule has 2 N–H and O–H groups in total. The Morgan fingerprint density at radius 2 is 2.26 bits per heavy atom. The second-order valence-corrected chi connectivity index (χ2v) is 3.90. The van der Waals surface area contributed by atoms with Crippen LogP contribution >= 0.6 is 0 Å². The van der Waals surface area contributed by atoms with Crippen molar-refractivity contribution < 1.29 is 24.3 Å². The fraction of sp³-hybridized carbons (Fsp3) is 0.667. The summed E-state index contributed by atoms with van der Waals surface area (Å²) in [4.78, 5) is 24.1. The van der Waals surface area contributed by atoms with Gasteiger partial charge in [-0.15, -0.1) is 0 Å². The molecule has 0 radical (unpaired) electrons. The highest BCUT2D eigenvalue weighted by Gasteiger charge is 2.20. The van der Waals surface area contributed by atoms with E-state index in [0.29, 0.717) is 0 Å². The van der Waals surface area contributed by atoms with E-state index in [4.69, 9.17) is 10.2 Å². The van der Waals surface area contributed by atoms with Crippen molar-refractivity contribution in [1.29, 1.82) is 0 Å². The predicted octanol–water partition coefficient (Wildman–Crippen LogP) is -0.773. The maximum Gasteiger partial charge on any atom is 0.490 e. The lowest BCUT2D eigenvalue weighted by Gasteiger charge is -2.08. The average molecular weight is 276 g/mol. The van der Waals surface area contributed by atoms with E-state index in [2.05, 4.69) is 10.1 Å². The second kappa shape index (κ2) is 6.85. The summed E-state index contributed by atoms with van der Waals surface area (Å²) in [5, 5.41) is 31.2. The van der Waals surface area contributed by atoms with Gasteiger partial charge in [0, 0.05) is 17.9 Å². The van der Waals surface area contributed by atoms with Crippen molar-refractivity contribution in [3.63, 3.8) is 0 Å². The Morgan fingerprint density at radius 1 is 1.58 bits per heavy atom. The molecule has 0 aliphatic rings. The zero-order valence-electron chi connectivity index (χ0n) is 9.85. The third-order valence-corrected chi connectivity index (χ3v) is 2.20. The first-order valence-corrected chi connectivity index (χ1v) is 5.41. The molecule has 1 aromatic rings. The highest BCUT2D eigenvalue weighted by atomic mass is 19.1. The number of rotatable bonds is 8. The van der Waals surface area contributed by atoms with Crippen LogP contribution in [0.2, 0.25) is 0 Å². The highest BCUT2D eigenvalue weighted by molar-refractivity contribution is 5.79. The van der Waals surface area contributed by atoms with Crippen LogP contribution in [-0.2, 0) is 11.3 Å². The first-order chi connectivity index (χ1) is 8.92. The summed E-state index contributed by atoms with van der Waals surface area (Å²) < 4.78 is 14.4. The smallest absolute Gasteiger partial charge is 0.394 e. The minimum Gasteiger partial charge on any atom is -0.394 e. The van der Waals surface area contributed by atoms with Gasteiger partial charge in [-0.2, -0.15) is 4.68 Å². The summed E-state index contributed by atoms with van der Waals surface area (Å²) in [5.41, 5.74) is 0. The van der Waals surface area contributed by atoms with Crippen LogP contribution in [0.3, 0.4) is 0 Å². The molecule has 1 aromatic heterocycles. The Morgan fingerprint density at radius 3 is 2.79 bits per heavy atom. The molecular weight excluding hydrogens is 263 g/mol. The number of nitrogens with zero attached hydrogens (tertiary/aromatic N) is 4. The molecule has 0 aliphatic carbocycles. The van der Waals surface area contributed by atoms with Gasteiger partial charge in [-0.1, -0.05) is 4.98 Å². The molecule has 2 atom stereocenters. The molecule has 1 rings (SSSR count). The zero-order valence-corrected chi connectivity index (χ0v) is 9.85. The Balaban J connectivity index is 2.43. The van der Waals surface area contributed by atoms with E-state index in [-0.39, 0.29) is 13.0 Å². The normalized spacial score (nSPS) is 14.1. The Bertz CT molecular complexity index is 452. The standard InChI is InChI=1S/C9H13FN4O5/c10-6(1-7(16)2-8(17)4-15)3-13-5-11-9(12-13)14(18)19/h5-6,8,15,17H,1-4H2. The lowest BCUT2D eigenvalue weighted by molar-refractivity contribution is -0.394. The van der Waals surface area contributed by atoms with Crippen molar-refractivity contribution in [2.45, 2.75) is 31.7 Å². The molecule has 0 spiro atoms. The maximum atomic E-state index is 13.5. The number of alkyl halides is 1. The fourth-order valence-corrected chi connectivity index (χ4v) is 1.38. The number of carbonyl (C=O) groups is 1. The van der Waals surface area contributed by atoms with Crippen LogP contribution < -0.4 is 0 Å². The van der Waals surface area contributed by atoms with E-state index in [0.717, 1.165) is 11.0 Å². The van der Waals surface area contributed by atoms with Crippen molar-refractivity contribution in [2.75, 3.05) is 6.61 Å². The summed E-state index contributed by atoms with van der Waals surface area (Å²) in [7, 11) is 0. The monoisotopic (exact) mass is 276 g/mol. The van der Waals surface area contributed by atoms with E-state index >= 15 is 0 Å². The van der Waals surface area contributed by atoms with Gasteiger partial charge in [0.05, 0.1) is 19.3 Å². The van der Waals surface area contributed by atoms with Crippen molar-refractivity contribution in [3.05, 3.63) is 16.4 Å². The first-order valence-electron chi connectivity index (χ1n) is 5.41. The quantitative estimate of drug-likeness (QED) is 0.470. The lowest BCUT2D eigenvalue weighted by Crippen LogP contribution is -2.22. The molecule has 0 amide bonds. The zero-order chi connectivity index (χ0) is 14.4. The minimum absolute atomic E-state index is 0.339. The van der Waals surface area contributed by atoms with Gasteiger partial charge in [0.25, 0.3) is 0 Å². The summed E-state index contributed by atoms with van der Waals surface area (Å²) in [6.07, 6.45) is -2.61. The first kappa shape index (κ1) is 15.1. The average Bonchev–Trinajstić information content (AvgIpc) is 2.76. The van der Waals surface area contributed by atoms with Crippen LogP contribution in [0, 0.1) is 10.1 Å². The number of aromatic nitrogens is 3. The molecule has 0 bridgehead atoms. The van der Waals surface area contributed by atoms with Gasteiger partial charge in [0.15, 0.2) is 0 Å². The Hall–Kier alpha value is -1.94. The second-order valence-electron chi connectivity index (χ2n) is 3.90. The number of hydrogen-bond acceptors (Lipinski definition) is 7. The van der Waals surface area contributed by atoms with Gasteiger partial charge in [-0.3, -0.25) is 4.79 Å². The molecule has 2 unspecified atom stereocenters. The van der Waals surface area contributed by atoms with E-state index in [1.54, 1.807) is 0 Å². The molecule has 1 heterocycles. The van der Waals surface area contributed by atoms with Gasteiger partial charge in [0.2, 0.25) is 6.33 Å². The molecule has 0 saturated heterocycles. The van der Waals surface area contributed by atoms with Gasteiger partial charge in [-0.05, 0) is 4.92 Å². The number of nitro groups is 1. The number of carbonyl (C=O) groups excluding carboxylic acids is 1. The lowest BCUT2D eigenvalue weighted by atomic mass is 10.1. The molecule has 0 aromatic carbocycles. The number of hydrogen-bond donors (Lipinski definition) is 2. The topological polar surface area (TPSA) is 131 Å². The van der Waals surface area contributed by atoms with Crippen molar-refractivity contribution in [3.8, 4) is 0 Å². The Kier molecular flexibility index (Phi) is 5.45. The van der Waals surface area contributed by atoms with Crippen LogP contribution in [-0.4, -0.2) is 54.6 Å². The van der Waals surface area contributed by atoms with E-state index in [1.807, 2.05) is 0 Å². The van der Waals surface area contributed by atoms with Gasteiger partial charge >= 0.3 is 5.95 Å². The molecular formula is C9H13FN4O5. The third-order valence-electron chi connectivity index (χ3n) is 2.20. The number of Topliss-reactive ketones (excluding diaryl/α,β-unsaturated/α-hetero) is 1. The van der Waals surface area contributed by atoms with E-state index in [9.17, 15) is 19.3 Å². The maximum absolute atomic E-state index is 13.5. The van der Waals surface area contributed by atoms with Gasteiger partial charge < -0.3 is 20.3 Å². The van der Waals surface area contributed by atoms with E-state index in [1.165, 1.54) is 0 Å². The predicted molar refractivity (Wildman–Crippen MR) is 58.9 cm³/mol. The van der Waals surface area contributed by atoms with Crippen molar-refractivity contribution in [1.82, 2.24) is 14.8 Å². The number of ketones is 1. The largest absolute Gasteiger partial charge is 0.490 e. The van der Waals surface area contributed by atoms with Crippen molar-refractivity contribution in [2.24, 2.45) is 0 Å². The molecule has 0 fully saturated rings. The van der Waals surface area contributed by atoms with Crippen LogP contribution in [0.25, 0.3) is 0 Å². The van der Waals surface area contributed by atoms with Crippen LogP contribution in [0.4, 0.5) is 10.3 Å².